The van der Waals surface area contributed by atoms with E-state index in [4.69, 9.17) is 0 Å². The van der Waals surface area contributed by atoms with Gasteiger partial charge in [-0.05, 0) is 67.7 Å². The Labute approximate surface area is 266 Å². The monoisotopic (exact) mass is 614 g/mol. The van der Waals surface area contributed by atoms with Gasteiger partial charge in [-0.1, -0.05) is 92.7 Å². The molecule has 45 heavy (non-hydrogen) atoms. The molecule has 3 aromatic rings. The fourth-order valence-electron chi connectivity index (χ4n) is 5.03. The molecule has 9 nitrogen and oxygen atoms in total. The van der Waals surface area contributed by atoms with Gasteiger partial charge in [-0.2, -0.15) is 0 Å². The number of benzene rings is 3. The molecule has 3 atom stereocenters. The largest absolute Gasteiger partial charge is 0.480 e. The Bertz CT molecular complexity index is 1340. The summed E-state index contributed by atoms with van der Waals surface area (Å²) in [5.41, 5.74) is 2.79. The van der Waals surface area contributed by atoms with E-state index in [0.717, 1.165) is 17.5 Å². The number of rotatable bonds is 19. The van der Waals surface area contributed by atoms with Gasteiger partial charge in [0.05, 0.1) is 6.04 Å². The Hall–Kier alpha value is -4.50. The van der Waals surface area contributed by atoms with Crippen LogP contribution in [0.25, 0.3) is 0 Å². The van der Waals surface area contributed by atoms with Gasteiger partial charge in [-0.25, -0.2) is 0 Å². The zero-order valence-corrected chi connectivity index (χ0v) is 26.2. The summed E-state index contributed by atoms with van der Waals surface area (Å²) in [6, 6.07) is 25.8. The summed E-state index contributed by atoms with van der Waals surface area (Å²) in [5, 5.41) is 21.6. The van der Waals surface area contributed by atoms with E-state index in [9.17, 15) is 24.3 Å². The van der Waals surface area contributed by atoms with Gasteiger partial charge in [0.1, 0.15) is 12.1 Å². The lowest BCUT2D eigenvalue weighted by molar-refractivity contribution is -0.140. The van der Waals surface area contributed by atoms with Crippen LogP contribution in [0.2, 0.25) is 0 Å². The van der Waals surface area contributed by atoms with Crippen LogP contribution in [0.3, 0.4) is 0 Å². The third-order valence-corrected chi connectivity index (χ3v) is 7.43. The summed E-state index contributed by atoms with van der Waals surface area (Å²) >= 11 is 0. The maximum atomic E-state index is 13.7. The van der Waals surface area contributed by atoms with Crippen molar-refractivity contribution in [1.29, 1.82) is 0 Å². The van der Waals surface area contributed by atoms with Crippen molar-refractivity contribution in [3.8, 4) is 0 Å². The Morgan fingerprint density at radius 3 is 1.84 bits per heavy atom. The number of hydrogen-bond acceptors (Lipinski definition) is 5. The minimum absolute atomic E-state index is 0.0960. The van der Waals surface area contributed by atoms with Crippen LogP contribution in [0.5, 0.6) is 0 Å². The van der Waals surface area contributed by atoms with Gasteiger partial charge >= 0.3 is 5.97 Å². The molecular formula is C36H46N4O5. The number of nitrogens with one attached hydrogen (secondary N) is 4. The predicted molar refractivity (Wildman–Crippen MR) is 177 cm³/mol. The lowest BCUT2D eigenvalue weighted by Crippen LogP contribution is -2.55. The standard InChI is InChI=1S/C36H46N4O5/c1-26(2)25-32(35(43)38-29-18-10-5-11-19-29)40-34(42)30(22-21-28-15-8-4-9-16-28)39-31(36(44)45)23-24-37-33(41)20-12-17-27-13-6-3-7-14-27/h3-11,13-16,18-19,26,30-32,39H,12,17,20-25H2,1-2H3,(H,37,41)(H,38,43)(H,40,42)(H,44,45)/t30-,31+,32-/m0/s1. The van der Waals surface area contributed by atoms with Gasteiger partial charge in [0.15, 0.2) is 0 Å². The van der Waals surface area contributed by atoms with Crippen LogP contribution in [-0.2, 0) is 32.0 Å². The van der Waals surface area contributed by atoms with E-state index in [1.807, 2.05) is 92.7 Å². The summed E-state index contributed by atoms with van der Waals surface area (Å²) in [4.78, 5) is 51.5. The molecule has 0 saturated carbocycles. The van der Waals surface area contributed by atoms with Gasteiger partial charge < -0.3 is 21.1 Å². The Kier molecular flexibility index (Phi) is 14.8. The fourth-order valence-corrected chi connectivity index (χ4v) is 5.03. The van der Waals surface area contributed by atoms with Crippen molar-refractivity contribution < 1.29 is 24.3 Å². The topological polar surface area (TPSA) is 137 Å². The zero-order valence-electron chi connectivity index (χ0n) is 26.2. The third kappa shape index (κ3) is 13.4. The molecule has 0 heterocycles. The zero-order chi connectivity index (χ0) is 32.4. The van der Waals surface area contributed by atoms with Crippen molar-refractivity contribution in [1.82, 2.24) is 16.0 Å². The average Bonchev–Trinajstić information content (AvgIpc) is 3.03. The number of aryl methyl sites for hydroxylation is 2. The van der Waals surface area contributed by atoms with Crippen molar-refractivity contribution in [3.05, 3.63) is 102 Å². The fraction of sp³-hybridized carbons (Fsp3) is 0.389. The number of carbonyl (C=O) groups excluding carboxylic acids is 3. The minimum Gasteiger partial charge on any atom is -0.480 e. The first-order valence-corrected chi connectivity index (χ1v) is 15.7. The Morgan fingerprint density at radius 2 is 1.27 bits per heavy atom. The van der Waals surface area contributed by atoms with Crippen molar-refractivity contribution in [2.24, 2.45) is 5.92 Å². The van der Waals surface area contributed by atoms with E-state index < -0.39 is 30.0 Å². The van der Waals surface area contributed by atoms with Crippen LogP contribution in [0.4, 0.5) is 5.69 Å². The highest BCUT2D eigenvalue weighted by Crippen LogP contribution is 2.13. The summed E-state index contributed by atoms with van der Waals surface area (Å²) in [5.74, 6) is -1.93. The number of carboxylic acids is 1. The number of carbonyl (C=O) groups is 4. The lowest BCUT2D eigenvalue weighted by atomic mass is 10.00. The number of anilines is 1. The quantitative estimate of drug-likeness (QED) is 0.132. The molecular weight excluding hydrogens is 568 g/mol. The second-order valence-corrected chi connectivity index (χ2v) is 11.7. The molecule has 0 spiro atoms. The molecule has 0 unspecified atom stereocenters. The molecule has 0 aromatic heterocycles. The third-order valence-electron chi connectivity index (χ3n) is 7.43. The minimum atomic E-state index is -1.12. The molecule has 0 fully saturated rings. The van der Waals surface area contributed by atoms with E-state index in [0.29, 0.717) is 37.8 Å². The number of para-hydroxylation sites is 1. The first-order chi connectivity index (χ1) is 21.7. The highest BCUT2D eigenvalue weighted by Gasteiger charge is 2.30. The summed E-state index contributed by atoms with van der Waals surface area (Å²) in [7, 11) is 0. The van der Waals surface area contributed by atoms with Crippen LogP contribution in [0, 0.1) is 5.92 Å². The van der Waals surface area contributed by atoms with Gasteiger partial charge in [0.25, 0.3) is 0 Å². The molecule has 3 aromatic carbocycles. The van der Waals surface area contributed by atoms with Crippen LogP contribution in [0.1, 0.15) is 57.1 Å². The average molecular weight is 615 g/mol. The molecule has 240 valence electrons. The summed E-state index contributed by atoms with van der Waals surface area (Å²) in [6.45, 7) is 4.09. The number of carboxylic acid groups (broad SMARTS) is 1. The summed E-state index contributed by atoms with van der Waals surface area (Å²) in [6.07, 6.45) is 3.17. The van der Waals surface area contributed by atoms with Crippen LogP contribution in [-0.4, -0.2) is 53.5 Å². The molecule has 0 radical (unpaired) electrons. The van der Waals surface area contributed by atoms with Gasteiger partial charge in [-0.15, -0.1) is 0 Å². The van der Waals surface area contributed by atoms with Crippen molar-refractivity contribution in [2.75, 3.05) is 11.9 Å². The summed E-state index contributed by atoms with van der Waals surface area (Å²) < 4.78 is 0. The van der Waals surface area contributed by atoms with E-state index in [-0.39, 0.29) is 30.7 Å². The number of hydrogen-bond donors (Lipinski definition) is 5. The molecule has 0 saturated heterocycles. The molecule has 5 N–H and O–H groups in total. The smallest absolute Gasteiger partial charge is 0.320 e. The van der Waals surface area contributed by atoms with Gasteiger partial charge in [-0.3, -0.25) is 24.5 Å². The van der Waals surface area contributed by atoms with Crippen molar-refractivity contribution in [3.63, 3.8) is 0 Å². The Morgan fingerprint density at radius 1 is 0.689 bits per heavy atom. The molecule has 0 aliphatic heterocycles. The predicted octanol–water partition coefficient (Wildman–Crippen LogP) is 4.73. The first kappa shape index (κ1) is 35.0. The maximum Gasteiger partial charge on any atom is 0.320 e. The van der Waals surface area contributed by atoms with Gasteiger partial charge in [0, 0.05) is 18.7 Å². The number of aliphatic carboxylic acids is 1. The second kappa shape index (κ2) is 19.0. The molecule has 0 bridgehead atoms. The van der Waals surface area contributed by atoms with E-state index in [2.05, 4.69) is 21.3 Å². The molecule has 0 aliphatic rings. The van der Waals surface area contributed by atoms with Crippen molar-refractivity contribution >= 4 is 29.4 Å². The first-order valence-electron chi connectivity index (χ1n) is 15.7. The lowest BCUT2D eigenvalue weighted by Gasteiger charge is -2.26. The Balaban J connectivity index is 1.62. The molecule has 3 amide bonds. The number of amides is 3. The normalized spacial score (nSPS) is 13.0. The van der Waals surface area contributed by atoms with E-state index in [1.54, 1.807) is 12.1 Å². The van der Waals surface area contributed by atoms with Crippen LogP contribution < -0.4 is 21.3 Å². The van der Waals surface area contributed by atoms with Crippen molar-refractivity contribution in [2.45, 2.75) is 76.9 Å². The van der Waals surface area contributed by atoms with Crippen LogP contribution >= 0.6 is 0 Å². The highest BCUT2D eigenvalue weighted by molar-refractivity contribution is 5.98. The highest BCUT2D eigenvalue weighted by atomic mass is 16.4. The molecule has 3 rings (SSSR count). The van der Waals surface area contributed by atoms with Crippen LogP contribution in [0.15, 0.2) is 91.0 Å². The maximum absolute atomic E-state index is 13.7. The van der Waals surface area contributed by atoms with Gasteiger partial charge in [0.2, 0.25) is 17.7 Å². The van der Waals surface area contributed by atoms with E-state index in [1.165, 1.54) is 0 Å². The van der Waals surface area contributed by atoms with E-state index >= 15 is 0 Å². The molecule has 0 aliphatic carbocycles. The SMILES string of the molecule is CC(C)C[C@H](NC(=O)[C@H](CCc1ccccc1)N[C@H](CCNC(=O)CCCc1ccccc1)C(=O)O)C(=O)Nc1ccccc1. The molecule has 9 heteroatoms. The second-order valence-electron chi connectivity index (χ2n) is 11.7.